The van der Waals surface area contributed by atoms with Crippen LogP contribution in [0.2, 0.25) is 0 Å². The Hall–Kier alpha value is -1.97. The second kappa shape index (κ2) is 6.20. The number of esters is 1. The average Bonchev–Trinajstić information content (AvgIpc) is 2.73. The van der Waals surface area contributed by atoms with E-state index in [9.17, 15) is 19.8 Å². The largest absolute Gasteiger partial charge is 0.463 e. The second-order valence-electron chi connectivity index (χ2n) is 4.63. The van der Waals surface area contributed by atoms with Crippen molar-refractivity contribution in [2.75, 3.05) is 12.3 Å². The average molecular weight is 299 g/mol. The molecule has 0 aliphatic carbocycles. The molecule has 1 aromatic rings. The van der Waals surface area contributed by atoms with Gasteiger partial charge >= 0.3 is 11.7 Å². The quantitative estimate of drug-likeness (QED) is 0.565. The fourth-order valence-corrected chi connectivity index (χ4v) is 1.99. The predicted molar refractivity (Wildman–Crippen MR) is 70.1 cm³/mol. The van der Waals surface area contributed by atoms with Crippen LogP contribution in [0.1, 0.15) is 19.6 Å². The predicted octanol–water partition coefficient (Wildman–Crippen LogP) is -1.60. The van der Waals surface area contributed by atoms with Gasteiger partial charge in [0.05, 0.1) is 0 Å². The van der Waals surface area contributed by atoms with E-state index in [1.807, 2.05) is 0 Å². The highest BCUT2D eigenvalue weighted by Gasteiger charge is 2.44. The second-order valence-corrected chi connectivity index (χ2v) is 4.63. The van der Waals surface area contributed by atoms with Crippen LogP contribution in [0, 0.1) is 0 Å². The third-order valence-electron chi connectivity index (χ3n) is 3.16. The van der Waals surface area contributed by atoms with Crippen LogP contribution in [0.25, 0.3) is 0 Å². The Morgan fingerprint density at radius 2 is 2.24 bits per heavy atom. The number of rotatable bonds is 4. The van der Waals surface area contributed by atoms with Crippen LogP contribution in [0.3, 0.4) is 0 Å². The lowest BCUT2D eigenvalue weighted by Gasteiger charge is -2.16. The highest BCUT2D eigenvalue weighted by Crippen LogP contribution is 2.28. The number of hydrogen-bond acceptors (Lipinski definition) is 8. The molecule has 0 unspecified atom stereocenters. The lowest BCUT2D eigenvalue weighted by molar-refractivity contribution is -0.149. The van der Waals surface area contributed by atoms with Gasteiger partial charge in [0, 0.05) is 12.6 Å². The number of nitrogens with two attached hydrogens (primary N) is 1. The third-order valence-corrected chi connectivity index (χ3v) is 3.16. The van der Waals surface area contributed by atoms with Gasteiger partial charge in [0.2, 0.25) is 0 Å². The van der Waals surface area contributed by atoms with Crippen LogP contribution in [0.5, 0.6) is 0 Å². The van der Waals surface area contributed by atoms with E-state index in [0.29, 0.717) is 0 Å². The maximum atomic E-state index is 11.7. The summed E-state index contributed by atoms with van der Waals surface area (Å²) in [6.07, 6.45) is -3.18. The van der Waals surface area contributed by atoms with Crippen molar-refractivity contribution in [3.8, 4) is 0 Å². The number of aromatic nitrogens is 2. The summed E-state index contributed by atoms with van der Waals surface area (Å²) in [7, 11) is 0. The molecule has 1 saturated heterocycles. The Morgan fingerprint density at radius 1 is 1.52 bits per heavy atom. The number of carbonyl (C=O) groups is 1. The minimum atomic E-state index is -1.35. The highest BCUT2D eigenvalue weighted by atomic mass is 16.6. The molecular formula is C12H17N3O6. The molecular weight excluding hydrogens is 282 g/mol. The van der Waals surface area contributed by atoms with Gasteiger partial charge in [-0.25, -0.2) is 4.79 Å². The molecule has 1 aliphatic rings. The van der Waals surface area contributed by atoms with Gasteiger partial charge in [-0.15, -0.1) is 0 Å². The summed E-state index contributed by atoms with van der Waals surface area (Å²) in [5.41, 5.74) is 4.67. The summed E-state index contributed by atoms with van der Waals surface area (Å²) in [6.45, 7) is 1.42. The van der Waals surface area contributed by atoms with E-state index in [2.05, 4.69) is 4.98 Å². The van der Waals surface area contributed by atoms with Crippen molar-refractivity contribution in [1.82, 2.24) is 9.55 Å². The highest BCUT2D eigenvalue weighted by molar-refractivity contribution is 5.68. The molecule has 0 amide bonds. The van der Waals surface area contributed by atoms with Crippen molar-refractivity contribution in [2.24, 2.45) is 0 Å². The molecule has 4 N–H and O–H groups in total. The van der Waals surface area contributed by atoms with Gasteiger partial charge in [0.1, 0.15) is 30.7 Å². The molecule has 4 atom stereocenters. The smallest absolute Gasteiger partial charge is 0.351 e. The number of carbonyl (C=O) groups excluding carboxylic acids is 1. The zero-order chi connectivity index (χ0) is 15.6. The van der Waals surface area contributed by atoms with E-state index in [0.717, 1.165) is 4.57 Å². The van der Waals surface area contributed by atoms with Crippen molar-refractivity contribution >= 4 is 11.8 Å². The zero-order valence-electron chi connectivity index (χ0n) is 11.4. The summed E-state index contributed by atoms with van der Waals surface area (Å²) >= 11 is 0. The maximum Gasteiger partial charge on any atom is 0.351 e. The molecule has 0 aromatic carbocycles. The topological polar surface area (TPSA) is 137 Å². The Kier molecular flexibility index (Phi) is 4.56. The number of nitrogen functional groups attached to an aromatic ring is 1. The molecule has 1 aromatic heterocycles. The first-order chi connectivity index (χ1) is 9.93. The van der Waals surface area contributed by atoms with E-state index in [-0.39, 0.29) is 18.8 Å². The van der Waals surface area contributed by atoms with Crippen molar-refractivity contribution in [3.63, 3.8) is 0 Å². The van der Waals surface area contributed by atoms with Gasteiger partial charge in [-0.2, -0.15) is 4.98 Å². The standard InChI is InChI=1S/C12H17N3O6/c1-2-8(16)20-5-6-9(17)10(18)11(21-6)15-4-3-7(13)14-12(15)19/h3-4,6,9-11,17-18H,2,5H2,1H3,(H2,13,14,19)/t6-,9-,10-,11-/m1/s1. The molecule has 0 bridgehead atoms. The molecule has 0 radical (unpaired) electrons. The number of nitrogens with zero attached hydrogens (tertiary/aromatic N) is 2. The lowest BCUT2D eigenvalue weighted by atomic mass is 10.1. The Bertz CT molecular complexity index is 574. The molecule has 2 rings (SSSR count). The maximum absolute atomic E-state index is 11.7. The number of ether oxygens (including phenoxy) is 2. The first kappa shape index (κ1) is 15.4. The lowest BCUT2D eigenvalue weighted by Crippen LogP contribution is -2.36. The van der Waals surface area contributed by atoms with Crippen LogP contribution in [-0.2, 0) is 14.3 Å². The van der Waals surface area contributed by atoms with Crippen LogP contribution >= 0.6 is 0 Å². The Balaban J connectivity index is 2.12. The van der Waals surface area contributed by atoms with Gasteiger partial charge in [0.15, 0.2) is 6.23 Å². The summed E-state index contributed by atoms with van der Waals surface area (Å²) in [4.78, 5) is 26.3. The summed E-state index contributed by atoms with van der Waals surface area (Å²) in [5, 5.41) is 19.9. The Morgan fingerprint density at radius 3 is 2.86 bits per heavy atom. The van der Waals surface area contributed by atoms with Crippen molar-refractivity contribution in [1.29, 1.82) is 0 Å². The molecule has 21 heavy (non-hydrogen) atoms. The first-order valence-corrected chi connectivity index (χ1v) is 6.46. The number of aliphatic hydroxyl groups excluding tert-OH is 2. The molecule has 1 aliphatic heterocycles. The minimum Gasteiger partial charge on any atom is -0.463 e. The van der Waals surface area contributed by atoms with E-state index in [1.165, 1.54) is 12.3 Å². The van der Waals surface area contributed by atoms with Gasteiger partial charge < -0.3 is 25.4 Å². The van der Waals surface area contributed by atoms with Gasteiger partial charge in [0.25, 0.3) is 0 Å². The third kappa shape index (κ3) is 3.20. The first-order valence-electron chi connectivity index (χ1n) is 6.46. The molecule has 116 valence electrons. The van der Waals surface area contributed by atoms with Crippen molar-refractivity contribution in [3.05, 3.63) is 22.7 Å². The van der Waals surface area contributed by atoms with Crippen LogP contribution in [-0.4, -0.2) is 50.7 Å². The zero-order valence-corrected chi connectivity index (χ0v) is 11.4. The van der Waals surface area contributed by atoms with E-state index < -0.39 is 36.2 Å². The van der Waals surface area contributed by atoms with Crippen LogP contribution in [0.15, 0.2) is 17.1 Å². The summed E-state index contributed by atoms with van der Waals surface area (Å²) in [5.74, 6) is -0.409. The molecule has 0 spiro atoms. The minimum absolute atomic E-state index is 0.0395. The molecule has 2 heterocycles. The van der Waals surface area contributed by atoms with Crippen LogP contribution in [0.4, 0.5) is 5.82 Å². The molecule has 0 saturated carbocycles. The summed E-state index contributed by atoms with van der Waals surface area (Å²) < 4.78 is 11.3. The number of aliphatic hydroxyl groups is 2. The SMILES string of the molecule is CCC(=O)OC[C@H]1O[C@@H](n2ccc(N)nc2=O)[C@H](O)[C@@H]1O. The van der Waals surface area contributed by atoms with E-state index >= 15 is 0 Å². The van der Waals surface area contributed by atoms with Crippen molar-refractivity contribution in [2.45, 2.75) is 37.9 Å². The summed E-state index contributed by atoms with van der Waals surface area (Å²) in [6, 6.07) is 1.37. The number of anilines is 1. The van der Waals surface area contributed by atoms with E-state index in [1.54, 1.807) is 6.92 Å². The normalized spacial score (nSPS) is 28.5. The molecule has 9 heteroatoms. The monoisotopic (exact) mass is 299 g/mol. The van der Waals surface area contributed by atoms with Gasteiger partial charge in [-0.3, -0.25) is 9.36 Å². The number of hydrogen-bond donors (Lipinski definition) is 3. The van der Waals surface area contributed by atoms with Crippen LogP contribution < -0.4 is 11.4 Å². The fraction of sp³-hybridized carbons (Fsp3) is 0.583. The molecule has 9 nitrogen and oxygen atoms in total. The van der Waals surface area contributed by atoms with Gasteiger partial charge in [-0.05, 0) is 6.07 Å². The molecule has 1 fully saturated rings. The van der Waals surface area contributed by atoms with Crippen molar-refractivity contribution < 1.29 is 24.5 Å². The fourth-order valence-electron chi connectivity index (χ4n) is 1.99. The van der Waals surface area contributed by atoms with Gasteiger partial charge in [-0.1, -0.05) is 6.92 Å². The van der Waals surface area contributed by atoms with E-state index in [4.69, 9.17) is 15.2 Å². The Labute approximate surface area is 119 Å².